The van der Waals surface area contributed by atoms with Gasteiger partial charge in [-0.25, -0.2) is 4.79 Å². The highest BCUT2D eigenvalue weighted by Crippen LogP contribution is 2.36. The summed E-state index contributed by atoms with van der Waals surface area (Å²) in [4.78, 5) is 18.6. The summed E-state index contributed by atoms with van der Waals surface area (Å²) in [5, 5.41) is 0. The molecule has 3 aliphatic rings. The van der Waals surface area contributed by atoms with Gasteiger partial charge in [-0.2, -0.15) is 0 Å². The van der Waals surface area contributed by atoms with Crippen LogP contribution in [0.2, 0.25) is 0 Å². The summed E-state index contributed by atoms with van der Waals surface area (Å²) in [6, 6.07) is 0.753. The van der Waals surface area contributed by atoms with Crippen molar-refractivity contribution in [2.45, 2.75) is 25.3 Å². The summed E-state index contributed by atoms with van der Waals surface area (Å²) >= 11 is 0. The molecule has 0 N–H and O–H groups in total. The first kappa shape index (κ1) is 16.0. The molecule has 3 aliphatic heterocycles. The number of nitrogens with zero attached hydrogens (tertiary/aromatic N) is 3. The largest absolute Gasteiger partial charge is 0.381 e. The van der Waals surface area contributed by atoms with E-state index in [1.165, 1.54) is 0 Å². The quantitative estimate of drug-likeness (QED) is 0.721. The molecule has 1 spiro atoms. The molecular weight excluding hydrogens is 282 g/mol. The molecular formula is C16H29N3O3. The van der Waals surface area contributed by atoms with E-state index in [1.807, 2.05) is 19.0 Å². The molecule has 0 aromatic heterocycles. The van der Waals surface area contributed by atoms with E-state index < -0.39 is 0 Å². The number of urea groups is 1. The molecule has 0 aliphatic carbocycles. The highest BCUT2D eigenvalue weighted by molar-refractivity contribution is 5.73. The van der Waals surface area contributed by atoms with Crippen LogP contribution in [0.15, 0.2) is 0 Å². The molecule has 2 amide bonds. The van der Waals surface area contributed by atoms with E-state index in [0.717, 1.165) is 58.7 Å². The second kappa shape index (κ2) is 6.72. The Morgan fingerprint density at radius 3 is 2.59 bits per heavy atom. The van der Waals surface area contributed by atoms with Crippen LogP contribution in [0.1, 0.15) is 19.3 Å². The van der Waals surface area contributed by atoms with E-state index in [0.29, 0.717) is 19.2 Å². The zero-order chi connectivity index (χ0) is 15.6. The highest BCUT2D eigenvalue weighted by atomic mass is 16.5. The zero-order valence-corrected chi connectivity index (χ0v) is 13.9. The van der Waals surface area contributed by atoms with Crippen molar-refractivity contribution in [2.75, 3.05) is 66.7 Å². The molecule has 3 rings (SSSR count). The zero-order valence-electron chi connectivity index (χ0n) is 13.9. The summed E-state index contributed by atoms with van der Waals surface area (Å²) < 4.78 is 11.3. The molecule has 0 saturated carbocycles. The van der Waals surface area contributed by atoms with Crippen LogP contribution in [0.4, 0.5) is 4.79 Å². The highest BCUT2D eigenvalue weighted by Gasteiger charge is 2.44. The molecule has 1 atom stereocenters. The topological polar surface area (TPSA) is 45.2 Å². The van der Waals surface area contributed by atoms with E-state index in [4.69, 9.17) is 9.47 Å². The van der Waals surface area contributed by atoms with E-state index in [9.17, 15) is 4.79 Å². The average Bonchev–Trinajstić information content (AvgIpc) is 2.82. The lowest BCUT2D eigenvalue weighted by atomic mass is 9.87. The van der Waals surface area contributed by atoms with Gasteiger partial charge in [-0.05, 0) is 25.8 Å². The average molecular weight is 311 g/mol. The third-order valence-electron chi connectivity index (χ3n) is 5.27. The molecule has 6 heteroatoms. The van der Waals surface area contributed by atoms with Gasteiger partial charge in [0.15, 0.2) is 0 Å². The monoisotopic (exact) mass is 311 g/mol. The van der Waals surface area contributed by atoms with Crippen molar-refractivity contribution in [3.8, 4) is 0 Å². The summed E-state index contributed by atoms with van der Waals surface area (Å²) in [5.74, 6) is 0. The van der Waals surface area contributed by atoms with Crippen LogP contribution < -0.4 is 0 Å². The summed E-state index contributed by atoms with van der Waals surface area (Å²) in [7, 11) is 3.65. The van der Waals surface area contributed by atoms with Gasteiger partial charge in [0.1, 0.15) is 0 Å². The second-order valence-electron chi connectivity index (χ2n) is 7.22. The lowest BCUT2D eigenvalue weighted by molar-refractivity contribution is 0.0289. The minimum atomic E-state index is 0.106. The molecule has 1 unspecified atom stereocenters. The van der Waals surface area contributed by atoms with Gasteiger partial charge < -0.3 is 19.3 Å². The fraction of sp³-hybridized carbons (Fsp3) is 0.938. The fourth-order valence-electron chi connectivity index (χ4n) is 4.02. The predicted octanol–water partition coefficient (Wildman–Crippen LogP) is 0.871. The van der Waals surface area contributed by atoms with E-state index >= 15 is 0 Å². The van der Waals surface area contributed by atoms with Gasteiger partial charge >= 0.3 is 6.03 Å². The molecule has 0 aromatic carbocycles. The SMILES string of the molecule is CN(C)C(=O)N1CCOCC2(CCN(C3CCOCC3)C2)C1. The van der Waals surface area contributed by atoms with Crippen molar-refractivity contribution < 1.29 is 14.3 Å². The normalized spacial score (nSPS) is 31.5. The molecule has 126 valence electrons. The number of ether oxygens (including phenoxy) is 2. The lowest BCUT2D eigenvalue weighted by Crippen LogP contribution is -2.47. The summed E-state index contributed by atoms with van der Waals surface area (Å²) in [5.41, 5.74) is 0.112. The number of rotatable bonds is 1. The van der Waals surface area contributed by atoms with E-state index in [-0.39, 0.29) is 11.4 Å². The maximum absolute atomic E-state index is 12.3. The van der Waals surface area contributed by atoms with E-state index in [1.54, 1.807) is 4.90 Å². The summed E-state index contributed by atoms with van der Waals surface area (Å²) in [6.07, 6.45) is 3.40. The third kappa shape index (κ3) is 3.39. The fourth-order valence-corrected chi connectivity index (χ4v) is 4.02. The van der Waals surface area contributed by atoms with Crippen molar-refractivity contribution in [3.05, 3.63) is 0 Å². The van der Waals surface area contributed by atoms with Gasteiger partial charge in [0.25, 0.3) is 0 Å². The second-order valence-corrected chi connectivity index (χ2v) is 7.22. The Hall–Kier alpha value is -0.850. The summed E-state index contributed by atoms with van der Waals surface area (Å²) in [6.45, 7) is 6.90. The lowest BCUT2D eigenvalue weighted by Gasteiger charge is -2.35. The van der Waals surface area contributed by atoms with Crippen LogP contribution >= 0.6 is 0 Å². The van der Waals surface area contributed by atoms with Gasteiger partial charge in [0.05, 0.1) is 13.2 Å². The van der Waals surface area contributed by atoms with Crippen molar-refractivity contribution in [3.63, 3.8) is 0 Å². The number of carbonyl (C=O) groups is 1. The minimum absolute atomic E-state index is 0.106. The first-order valence-corrected chi connectivity index (χ1v) is 8.45. The Balaban J connectivity index is 1.65. The first-order valence-electron chi connectivity index (χ1n) is 8.45. The number of hydrogen-bond acceptors (Lipinski definition) is 4. The number of likely N-dealkylation sites (tertiary alicyclic amines) is 1. The molecule has 0 radical (unpaired) electrons. The maximum atomic E-state index is 12.3. The van der Waals surface area contributed by atoms with Crippen LogP contribution in [-0.4, -0.2) is 93.5 Å². The van der Waals surface area contributed by atoms with E-state index in [2.05, 4.69) is 4.90 Å². The number of carbonyl (C=O) groups excluding carboxylic acids is 1. The van der Waals surface area contributed by atoms with Crippen molar-refractivity contribution in [1.82, 2.24) is 14.7 Å². The predicted molar refractivity (Wildman–Crippen MR) is 83.9 cm³/mol. The van der Waals surface area contributed by atoms with Gasteiger partial charge in [0.2, 0.25) is 0 Å². The number of hydrogen-bond donors (Lipinski definition) is 0. The molecule has 3 heterocycles. The van der Waals surface area contributed by atoms with Crippen LogP contribution in [-0.2, 0) is 9.47 Å². The Kier molecular flexibility index (Phi) is 4.90. The first-order chi connectivity index (χ1) is 10.6. The van der Waals surface area contributed by atoms with Gasteiger partial charge in [-0.15, -0.1) is 0 Å². The third-order valence-corrected chi connectivity index (χ3v) is 5.27. The molecule has 0 bridgehead atoms. The molecule has 22 heavy (non-hydrogen) atoms. The molecule has 0 aromatic rings. The Bertz CT molecular complexity index is 398. The smallest absolute Gasteiger partial charge is 0.319 e. The van der Waals surface area contributed by atoms with Crippen molar-refractivity contribution >= 4 is 6.03 Å². The molecule has 3 fully saturated rings. The molecule has 3 saturated heterocycles. The minimum Gasteiger partial charge on any atom is -0.381 e. The molecule has 6 nitrogen and oxygen atoms in total. The Labute approximate surface area is 133 Å². The van der Waals surface area contributed by atoms with Crippen molar-refractivity contribution in [2.24, 2.45) is 5.41 Å². The maximum Gasteiger partial charge on any atom is 0.319 e. The van der Waals surface area contributed by atoms with Crippen molar-refractivity contribution in [1.29, 1.82) is 0 Å². The number of amides is 2. The van der Waals surface area contributed by atoms with Gasteiger partial charge in [0, 0.05) is 58.4 Å². The van der Waals surface area contributed by atoms with Crippen LogP contribution in [0.25, 0.3) is 0 Å². The van der Waals surface area contributed by atoms with Gasteiger partial charge in [-0.1, -0.05) is 0 Å². The van der Waals surface area contributed by atoms with Crippen LogP contribution in [0.3, 0.4) is 0 Å². The Morgan fingerprint density at radius 1 is 1.09 bits per heavy atom. The van der Waals surface area contributed by atoms with Crippen LogP contribution in [0.5, 0.6) is 0 Å². The van der Waals surface area contributed by atoms with Crippen LogP contribution in [0, 0.1) is 5.41 Å². The Morgan fingerprint density at radius 2 is 1.86 bits per heavy atom. The standard InChI is InChI=1S/C16H29N3O3/c1-17(2)15(20)19-7-10-22-13-16(12-19)5-6-18(11-16)14-3-8-21-9-4-14/h14H,3-13H2,1-2H3. The van der Waals surface area contributed by atoms with Gasteiger partial charge in [-0.3, -0.25) is 4.90 Å².